The molecule has 2 nitrogen and oxygen atoms in total. The highest BCUT2D eigenvalue weighted by molar-refractivity contribution is 9.10. The SMILES string of the molecule is Cc1cc(C(O)c2cnc(C(F)(F)F)s2)ccc1Br. The molecule has 0 fully saturated rings. The summed E-state index contributed by atoms with van der Waals surface area (Å²) in [4.78, 5) is 3.47. The van der Waals surface area contributed by atoms with Crippen LogP contribution >= 0.6 is 27.3 Å². The average Bonchev–Trinajstić information content (AvgIpc) is 2.81. The van der Waals surface area contributed by atoms with Crippen LogP contribution < -0.4 is 0 Å². The Labute approximate surface area is 120 Å². The number of hydrogen-bond acceptors (Lipinski definition) is 3. The van der Waals surface area contributed by atoms with Crippen LogP contribution in [0, 0.1) is 6.92 Å². The van der Waals surface area contributed by atoms with Gasteiger partial charge in [0.15, 0.2) is 5.01 Å². The summed E-state index contributed by atoms with van der Waals surface area (Å²) in [5, 5.41) is 9.13. The molecule has 7 heteroatoms. The molecule has 1 N–H and O–H groups in total. The largest absolute Gasteiger partial charge is 0.443 e. The molecule has 0 saturated carbocycles. The highest BCUT2D eigenvalue weighted by Crippen LogP contribution is 2.36. The summed E-state index contributed by atoms with van der Waals surface area (Å²) in [6.45, 7) is 1.84. The van der Waals surface area contributed by atoms with Crippen molar-refractivity contribution in [1.29, 1.82) is 0 Å². The monoisotopic (exact) mass is 351 g/mol. The molecule has 0 amide bonds. The zero-order chi connectivity index (χ0) is 14.2. The van der Waals surface area contributed by atoms with Crippen molar-refractivity contribution in [3.63, 3.8) is 0 Å². The second-order valence-corrected chi connectivity index (χ2v) is 5.89. The highest BCUT2D eigenvalue weighted by atomic mass is 79.9. The number of nitrogens with zero attached hydrogens (tertiary/aromatic N) is 1. The van der Waals surface area contributed by atoms with Crippen molar-refractivity contribution in [3.05, 3.63) is 49.9 Å². The second kappa shape index (κ2) is 5.22. The Kier molecular flexibility index (Phi) is 3.98. The summed E-state index contributed by atoms with van der Waals surface area (Å²) in [6, 6.07) is 5.13. The molecule has 1 aromatic heterocycles. The maximum absolute atomic E-state index is 12.4. The van der Waals surface area contributed by atoms with E-state index < -0.39 is 17.3 Å². The molecule has 2 aromatic rings. The van der Waals surface area contributed by atoms with Crippen LogP contribution in [0.5, 0.6) is 0 Å². The molecular formula is C12H9BrF3NOS. The highest BCUT2D eigenvalue weighted by Gasteiger charge is 2.35. The Bertz CT molecular complexity index is 597. The van der Waals surface area contributed by atoms with Crippen molar-refractivity contribution < 1.29 is 18.3 Å². The first kappa shape index (κ1) is 14.5. The number of alkyl halides is 3. The second-order valence-electron chi connectivity index (χ2n) is 3.98. The molecule has 1 aromatic carbocycles. The predicted molar refractivity (Wildman–Crippen MR) is 70.1 cm³/mol. The summed E-state index contributed by atoms with van der Waals surface area (Å²) in [6.07, 6.45) is -4.51. The van der Waals surface area contributed by atoms with Crippen LogP contribution in [-0.2, 0) is 6.18 Å². The molecule has 1 atom stereocenters. The van der Waals surface area contributed by atoms with Crippen LogP contribution in [0.1, 0.15) is 27.1 Å². The molecule has 0 aliphatic heterocycles. The van der Waals surface area contributed by atoms with Gasteiger partial charge in [-0.15, -0.1) is 11.3 Å². The zero-order valence-corrected chi connectivity index (χ0v) is 12.1. The number of aryl methyl sites for hydroxylation is 1. The Hall–Kier alpha value is -0.920. The van der Waals surface area contributed by atoms with Crippen molar-refractivity contribution in [2.45, 2.75) is 19.2 Å². The van der Waals surface area contributed by atoms with Gasteiger partial charge in [0.05, 0.1) is 4.88 Å². The normalized spacial score (nSPS) is 13.6. The van der Waals surface area contributed by atoms with Gasteiger partial charge in [-0.05, 0) is 24.1 Å². The van der Waals surface area contributed by atoms with Crippen LogP contribution in [0.3, 0.4) is 0 Å². The van der Waals surface area contributed by atoms with E-state index in [9.17, 15) is 18.3 Å². The molecule has 0 radical (unpaired) electrons. The lowest BCUT2D eigenvalue weighted by Gasteiger charge is -2.10. The third-order valence-corrected chi connectivity index (χ3v) is 4.52. The molecule has 0 spiro atoms. The standard InChI is InChI=1S/C12H9BrF3NOS/c1-6-4-7(2-3-8(6)13)10(18)9-5-17-11(19-9)12(14,15)16/h2-5,10,18H,1H3. The zero-order valence-electron chi connectivity index (χ0n) is 9.70. The molecule has 1 unspecified atom stereocenters. The van der Waals surface area contributed by atoms with Gasteiger partial charge in [-0.1, -0.05) is 28.1 Å². The van der Waals surface area contributed by atoms with E-state index in [2.05, 4.69) is 20.9 Å². The molecule has 0 saturated heterocycles. The van der Waals surface area contributed by atoms with Gasteiger partial charge in [-0.2, -0.15) is 13.2 Å². The molecule has 2 rings (SSSR count). The number of rotatable bonds is 2. The van der Waals surface area contributed by atoms with E-state index in [0.29, 0.717) is 16.9 Å². The lowest BCUT2D eigenvalue weighted by atomic mass is 10.1. The van der Waals surface area contributed by atoms with Gasteiger partial charge < -0.3 is 5.11 Å². The summed E-state index contributed by atoms with van der Waals surface area (Å²) < 4.78 is 38.2. The first-order chi connectivity index (χ1) is 8.79. The Balaban J connectivity index is 2.31. The fourth-order valence-electron chi connectivity index (χ4n) is 1.55. The van der Waals surface area contributed by atoms with Crippen LogP contribution in [0.25, 0.3) is 0 Å². The van der Waals surface area contributed by atoms with E-state index >= 15 is 0 Å². The van der Waals surface area contributed by atoms with Gasteiger partial charge in [0.1, 0.15) is 6.10 Å². The van der Waals surface area contributed by atoms with Gasteiger partial charge in [0.2, 0.25) is 0 Å². The van der Waals surface area contributed by atoms with Gasteiger partial charge >= 0.3 is 6.18 Å². The first-order valence-corrected chi connectivity index (χ1v) is 6.87. The van der Waals surface area contributed by atoms with Crippen molar-refractivity contribution in [3.8, 4) is 0 Å². The summed E-state index contributed by atoms with van der Waals surface area (Å²) in [5.74, 6) is 0. The van der Waals surface area contributed by atoms with Crippen LogP contribution in [-0.4, -0.2) is 10.1 Å². The fourth-order valence-corrected chi connectivity index (χ4v) is 2.59. The van der Waals surface area contributed by atoms with E-state index in [1.165, 1.54) is 0 Å². The number of halogens is 4. The van der Waals surface area contributed by atoms with Crippen LogP contribution in [0.4, 0.5) is 13.2 Å². The van der Waals surface area contributed by atoms with E-state index in [1.54, 1.807) is 18.2 Å². The van der Waals surface area contributed by atoms with Gasteiger partial charge in [0, 0.05) is 10.7 Å². The van der Waals surface area contributed by atoms with Crippen molar-refractivity contribution in [2.24, 2.45) is 0 Å². The lowest BCUT2D eigenvalue weighted by molar-refractivity contribution is -0.137. The predicted octanol–water partition coefficient (Wildman–Crippen LogP) is 4.31. The van der Waals surface area contributed by atoms with Crippen molar-refractivity contribution in [2.75, 3.05) is 0 Å². The third kappa shape index (κ3) is 3.16. The van der Waals surface area contributed by atoms with Crippen molar-refractivity contribution in [1.82, 2.24) is 4.98 Å². The minimum absolute atomic E-state index is 0.175. The summed E-state index contributed by atoms with van der Waals surface area (Å²) in [7, 11) is 0. The molecule has 0 bridgehead atoms. The van der Waals surface area contributed by atoms with Gasteiger partial charge in [0.25, 0.3) is 0 Å². The first-order valence-electron chi connectivity index (χ1n) is 5.26. The number of aromatic nitrogens is 1. The molecule has 0 aliphatic rings. The fraction of sp³-hybridized carbons (Fsp3) is 0.250. The summed E-state index contributed by atoms with van der Waals surface area (Å²) >= 11 is 3.78. The molecule has 102 valence electrons. The Morgan fingerprint density at radius 1 is 1.37 bits per heavy atom. The number of aliphatic hydroxyl groups is 1. The van der Waals surface area contributed by atoms with E-state index in [-0.39, 0.29) is 4.88 Å². The Morgan fingerprint density at radius 3 is 2.58 bits per heavy atom. The maximum Gasteiger partial charge on any atom is 0.443 e. The molecule has 0 aliphatic carbocycles. The Morgan fingerprint density at radius 2 is 2.05 bits per heavy atom. The van der Waals surface area contributed by atoms with E-state index in [0.717, 1.165) is 16.2 Å². The van der Waals surface area contributed by atoms with Gasteiger partial charge in [-0.25, -0.2) is 4.98 Å². The van der Waals surface area contributed by atoms with Crippen LogP contribution in [0.15, 0.2) is 28.9 Å². The number of benzene rings is 1. The van der Waals surface area contributed by atoms with E-state index in [1.807, 2.05) is 6.92 Å². The minimum Gasteiger partial charge on any atom is -0.383 e. The van der Waals surface area contributed by atoms with E-state index in [4.69, 9.17) is 0 Å². The summed E-state index contributed by atoms with van der Waals surface area (Å²) in [5.41, 5.74) is 1.44. The van der Waals surface area contributed by atoms with Crippen LogP contribution in [0.2, 0.25) is 0 Å². The van der Waals surface area contributed by atoms with Crippen molar-refractivity contribution >= 4 is 27.3 Å². The third-order valence-electron chi connectivity index (χ3n) is 2.53. The average molecular weight is 352 g/mol. The molecule has 1 heterocycles. The lowest BCUT2D eigenvalue weighted by Crippen LogP contribution is -2.03. The molecule has 19 heavy (non-hydrogen) atoms. The topological polar surface area (TPSA) is 33.1 Å². The smallest absolute Gasteiger partial charge is 0.383 e. The molecular weight excluding hydrogens is 343 g/mol. The minimum atomic E-state index is -4.47. The van der Waals surface area contributed by atoms with Gasteiger partial charge in [-0.3, -0.25) is 0 Å². The number of aliphatic hydroxyl groups excluding tert-OH is 1. The maximum atomic E-state index is 12.4. The quantitative estimate of drug-likeness (QED) is 0.874. The number of thiazole rings is 1. The number of hydrogen-bond donors (Lipinski definition) is 1.